The molecule has 4 rings (SSSR count). The summed E-state index contributed by atoms with van der Waals surface area (Å²) in [5.74, 6) is -2.42. The number of carbonyl (C=O) groups is 3. The number of aliphatic hydroxyl groups excluding tert-OH is 1. The second-order valence-electron chi connectivity index (χ2n) is 7.50. The van der Waals surface area contributed by atoms with Crippen LogP contribution in [0.1, 0.15) is 54.3 Å². The van der Waals surface area contributed by atoms with Crippen LogP contribution in [0.4, 0.5) is 5.13 Å². The van der Waals surface area contributed by atoms with Crippen LogP contribution in [0.2, 0.25) is 0 Å². The van der Waals surface area contributed by atoms with Crippen molar-refractivity contribution < 1.29 is 24.2 Å². The van der Waals surface area contributed by atoms with Crippen molar-refractivity contribution in [3.05, 3.63) is 71.8 Å². The van der Waals surface area contributed by atoms with Gasteiger partial charge in [0.1, 0.15) is 4.88 Å². The van der Waals surface area contributed by atoms with Gasteiger partial charge >= 0.3 is 5.97 Å². The van der Waals surface area contributed by atoms with Crippen molar-refractivity contribution >= 4 is 61.4 Å². The first-order chi connectivity index (χ1) is 16.1. The van der Waals surface area contributed by atoms with Crippen molar-refractivity contribution in [1.29, 1.82) is 0 Å². The minimum Gasteiger partial charge on any atom is -0.503 e. The fourth-order valence-electron chi connectivity index (χ4n) is 3.73. The maximum absolute atomic E-state index is 13.6. The first-order valence-electron chi connectivity index (χ1n) is 10.3. The highest BCUT2D eigenvalue weighted by Crippen LogP contribution is 2.44. The van der Waals surface area contributed by atoms with Crippen LogP contribution in [0.25, 0.3) is 0 Å². The van der Waals surface area contributed by atoms with Crippen LogP contribution in [-0.2, 0) is 9.53 Å². The Morgan fingerprint density at radius 2 is 1.74 bits per heavy atom. The normalized spacial score (nSPS) is 15.9. The van der Waals surface area contributed by atoms with Crippen LogP contribution in [0.5, 0.6) is 0 Å². The number of hydrogen-bond donors (Lipinski definition) is 1. The van der Waals surface area contributed by atoms with Gasteiger partial charge < -0.3 is 9.84 Å². The van der Waals surface area contributed by atoms with E-state index in [-0.39, 0.29) is 22.2 Å². The third-order valence-corrected chi connectivity index (χ3v) is 7.94. The van der Waals surface area contributed by atoms with Crippen LogP contribution >= 0.6 is 38.6 Å². The lowest BCUT2D eigenvalue weighted by atomic mass is 9.95. The number of halogens is 1. The minimum absolute atomic E-state index is 0.0513. The van der Waals surface area contributed by atoms with E-state index < -0.39 is 29.5 Å². The molecule has 1 N–H and O–H groups in total. The highest BCUT2D eigenvalue weighted by Gasteiger charge is 2.46. The fraction of sp³-hybridized carbons (Fsp3) is 0.261. The standard InChI is InChI=1S/C23H20BrN3O5S2/c1-5-32-22(31)20-11(3)26-23(34-20)27-16(13-6-8-14(24)9-7-13)15(18(29)21(27)30)17(28)19-10(2)25-12(4)33-19/h6-9,16,29H,5H2,1-4H3. The number of aromatic nitrogens is 2. The van der Waals surface area contributed by atoms with Gasteiger partial charge in [-0.15, -0.1) is 11.3 Å². The van der Waals surface area contributed by atoms with Gasteiger partial charge in [0.2, 0.25) is 5.78 Å². The van der Waals surface area contributed by atoms with E-state index in [0.29, 0.717) is 26.8 Å². The molecule has 0 aliphatic carbocycles. The molecule has 0 fully saturated rings. The van der Waals surface area contributed by atoms with Gasteiger partial charge in [0.15, 0.2) is 10.9 Å². The van der Waals surface area contributed by atoms with Gasteiger partial charge in [0, 0.05) is 4.47 Å². The van der Waals surface area contributed by atoms with Crippen LogP contribution in [-0.4, -0.2) is 39.3 Å². The Hall–Kier alpha value is -2.89. The maximum Gasteiger partial charge on any atom is 0.350 e. The van der Waals surface area contributed by atoms with Gasteiger partial charge in [0.25, 0.3) is 5.91 Å². The number of ketones is 1. The van der Waals surface area contributed by atoms with Crippen molar-refractivity contribution in [1.82, 2.24) is 9.97 Å². The molecule has 1 unspecified atom stereocenters. The summed E-state index contributed by atoms with van der Waals surface area (Å²) in [6.45, 7) is 7.05. The first-order valence-corrected chi connectivity index (χ1v) is 12.7. The van der Waals surface area contributed by atoms with E-state index in [9.17, 15) is 19.5 Å². The summed E-state index contributed by atoms with van der Waals surface area (Å²) in [4.78, 5) is 49.9. The molecule has 1 aliphatic rings. The van der Waals surface area contributed by atoms with E-state index >= 15 is 0 Å². The number of benzene rings is 1. The molecule has 34 heavy (non-hydrogen) atoms. The number of ether oxygens (including phenoxy) is 1. The van der Waals surface area contributed by atoms with E-state index in [1.165, 1.54) is 16.2 Å². The van der Waals surface area contributed by atoms with Gasteiger partial charge in [-0.1, -0.05) is 39.4 Å². The lowest BCUT2D eigenvalue weighted by Gasteiger charge is -2.24. The molecule has 8 nitrogen and oxygen atoms in total. The third kappa shape index (κ3) is 4.19. The third-order valence-electron chi connectivity index (χ3n) is 5.20. The molecule has 176 valence electrons. The molecule has 1 amide bonds. The molecule has 0 saturated carbocycles. The molecule has 0 radical (unpaired) electrons. The summed E-state index contributed by atoms with van der Waals surface area (Å²) >= 11 is 5.59. The van der Waals surface area contributed by atoms with Crippen LogP contribution < -0.4 is 4.90 Å². The number of hydrogen-bond acceptors (Lipinski definition) is 9. The zero-order valence-corrected chi connectivity index (χ0v) is 21.9. The average molecular weight is 562 g/mol. The Bertz CT molecular complexity index is 1340. The Labute approximate surface area is 212 Å². The summed E-state index contributed by atoms with van der Waals surface area (Å²) in [6, 6.07) is 6.16. The Balaban J connectivity index is 1.86. The predicted molar refractivity (Wildman–Crippen MR) is 133 cm³/mol. The van der Waals surface area contributed by atoms with Crippen molar-refractivity contribution in [3.63, 3.8) is 0 Å². The molecule has 11 heteroatoms. The van der Waals surface area contributed by atoms with E-state index in [4.69, 9.17) is 4.74 Å². The molecule has 2 aromatic heterocycles. The molecular weight excluding hydrogens is 542 g/mol. The number of thiazole rings is 2. The molecule has 1 atom stereocenters. The van der Waals surface area contributed by atoms with Crippen LogP contribution in [0.3, 0.4) is 0 Å². The largest absolute Gasteiger partial charge is 0.503 e. The highest BCUT2D eigenvalue weighted by molar-refractivity contribution is 9.10. The number of esters is 1. The maximum atomic E-state index is 13.6. The van der Waals surface area contributed by atoms with E-state index in [2.05, 4.69) is 25.9 Å². The summed E-state index contributed by atoms with van der Waals surface area (Å²) < 4.78 is 5.91. The highest BCUT2D eigenvalue weighted by atomic mass is 79.9. The summed E-state index contributed by atoms with van der Waals surface area (Å²) in [7, 11) is 0. The summed E-state index contributed by atoms with van der Waals surface area (Å²) in [5.41, 5.74) is 1.48. The second-order valence-corrected chi connectivity index (χ2v) is 10.6. The molecule has 3 aromatic rings. The van der Waals surface area contributed by atoms with E-state index in [1.807, 2.05) is 0 Å². The van der Waals surface area contributed by atoms with Crippen molar-refractivity contribution in [2.24, 2.45) is 0 Å². The summed E-state index contributed by atoms with van der Waals surface area (Å²) in [6.07, 6.45) is 0. The Morgan fingerprint density at radius 1 is 1.09 bits per heavy atom. The molecule has 0 bridgehead atoms. The fourth-order valence-corrected chi connectivity index (χ4v) is 5.86. The number of Topliss-reactive ketones (excluding diaryl/α,β-unsaturated/α-hetero) is 1. The number of aryl methyl sites for hydroxylation is 3. The van der Waals surface area contributed by atoms with Crippen LogP contribution in [0, 0.1) is 20.8 Å². The Kier molecular flexibility index (Phi) is 6.70. The summed E-state index contributed by atoms with van der Waals surface area (Å²) in [5, 5.41) is 11.8. The van der Waals surface area contributed by atoms with Crippen LogP contribution in [0.15, 0.2) is 40.1 Å². The topological polar surface area (TPSA) is 110 Å². The molecule has 1 aromatic carbocycles. The molecule has 0 saturated heterocycles. The predicted octanol–water partition coefficient (Wildman–Crippen LogP) is 5.25. The van der Waals surface area contributed by atoms with E-state index in [0.717, 1.165) is 15.8 Å². The van der Waals surface area contributed by atoms with Crippen molar-refractivity contribution in [2.75, 3.05) is 11.5 Å². The average Bonchev–Trinajstić information content (AvgIpc) is 3.42. The lowest BCUT2D eigenvalue weighted by molar-refractivity contribution is -0.117. The van der Waals surface area contributed by atoms with Gasteiger partial charge in [0.05, 0.1) is 39.5 Å². The monoisotopic (exact) mass is 561 g/mol. The Morgan fingerprint density at radius 3 is 2.32 bits per heavy atom. The molecule has 0 spiro atoms. The molecule has 3 heterocycles. The number of rotatable bonds is 6. The van der Waals surface area contributed by atoms with Gasteiger partial charge in [-0.25, -0.2) is 14.8 Å². The quantitative estimate of drug-likeness (QED) is 0.323. The number of carbonyl (C=O) groups excluding carboxylic acids is 3. The van der Waals surface area contributed by atoms with Crippen molar-refractivity contribution in [2.45, 2.75) is 33.7 Å². The van der Waals surface area contributed by atoms with Gasteiger partial charge in [-0.3, -0.25) is 14.5 Å². The molecular formula is C23H20BrN3O5S2. The smallest absolute Gasteiger partial charge is 0.350 e. The number of amides is 1. The number of aliphatic hydroxyl groups is 1. The van der Waals surface area contributed by atoms with E-state index in [1.54, 1.807) is 52.0 Å². The lowest BCUT2D eigenvalue weighted by Crippen LogP contribution is -2.31. The van der Waals surface area contributed by atoms with Gasteiger partial charge in [-0.05, 0) is 45.4 Å². The van der Waals surface area contributed by atoms with Crippen molar-refractivity contribution in [3.8, 4) is 0 Å². The molecule has 1 aliphatic heterocycles. The second kappa shape index (κ2) is 9.40. The zero-order chi connectivity index (χ0) is 24.7. The first kappa shape index (κ1) is 24.2. The minimum atomic E-state index is -0.935. The number of anilines is 1. The zero-order valence-electron chi connectivity index (χ0n) is 18.7. The SMILES string of the molecule is CCOC(=O)c1sc(N2C(=O)C(O)=C(C(=O)c3sc(C)nc3C)C2c2ccc(Br)cc2)nc1C. The number of nitrogens with zero attached hydrogens (tertiary/aromatic N) is 3. The van der Waals surface area contributed by atoms with Gasteiger partial charge in [-0.2, -0.15) is 0 Å².